The Kier molecular flexibility index (Phi) is 3.25. The predicted octanol–water partition coefficient (Wildman–Crippen LogP) is -0.572. The van der Waals surface area contributed by atoms with Gasteiger partial charge in [-0.25, -0.2) is 0 Å². The summed E-state index contributed by atoms with van der Waals surface area (Å²) in [7, 11) is 0. The molecule has 0 aromatic heterocycles. The molecule has 0 bridgehead atoms. The highest BCUT2D eigenvalue weighted by atomic mass is 15.1. The van der Waals surface area contributed by atoms with E-state index in [-0.39, 0.29) is 6.04 Å². The molecule has 0 amide bonds. The number of nitrogens with two attached hydrogens (primary N) is 1. The van der Waals surface area contributed by atoms with E-state index in [2.05, 4.69) is 17.6 Å². The summed E-state index contributed by atoms with van der Waals surface area (Å²) < 4.78 is 0. The Morgan fingerprint density at radius 2 is 2.17 bits per heavy atom. The molecular weight excluding hydrogens is 152 g/mol. The zero-order valence-corrected chi connectivity index (χ0v) is 7.30. The monoisotopic (exact) mass is 168 g/mol. The summed E-state index contributed by atoms with van der Waals surface area (Å²) in [5.74, 6) is 0. The summed E-state index contributed by atoms with van der Waals surface area (Å²) in [6.45, 7) is 4.00. The lowest BCUT2D eigenvalue weighted by Crippen LogP contribution is -2.55. The Labute approximate surface area is 72.7 Å². The minimum Gasteiger partial charge on any atom is -0.404 e. The summed E-state index contributed by atoms with van der Waals surface area (Å²) >= 11 is 0. The second kappa shape index (κ2) is 4.23. The van der Waals surface area contributed by atoms with Gasteiger partial charge in [0, 0.05) is 37.1 Å². The van der Waals surface area contributed by atoms with E-state index < -0.39 is 0 Å². The largest absolute Gasteiger partial charge is 0.404 e. The summed E-state index contributed by atoms with van der Waals surface area (Å²) in [6, 6.07) is 0.524. The van der Waals surface area contributed by atoms with E-state index in [0.717, 1.165) is 18.7 Å². The first-order chi connectivity index (χ1) is 5.79. The molecule has 2 unspecified atom stereocenters. The number of hydrogen-bond donors (Lipinski definition) is 4. The van der Waals surface area contributed by atoms with Crippen LogP contribution in [0, 0.1) is 5.41 Å². The van der Waals surface area contributed by atoms with Crippen LogP contribution in [0.5, 0.6) is 0 Å². The predicted molar refractivity (Wildman–Crippen MR) is 50.3 cm³/mol. The fourth-order valence-electron chi connectivity index (χ4n) is 1.47. The zero-order valence-electron chi connectivity index (χ0n) is 7.30. The lowest BCUT2D eigenvalue weighted by molar-refractivity contribution is 0.377. The van der Waals surface area contributed by atoms with E-state index in [1.54, 1.807) is 0 Å². The second-order valence-electron chi connectivity index (χ2n) is 2.99. The molecule has 0 aliphatic carbocycles. The first-order valence-corrected chi connectivity index (χ1v) is 4.18. The third kappa shape index (κ3) is 1.84. The molecule has 12 heavy (non-hydrogen) atoms. The maximum absolute atomic E-state index is 7.15. The smallest absolute Gasteiger partial charge is 0.0503 e. The fraction of sp³-hybridized carbons (Fsp3) is 0.625. The van der Waals surface area contributed by atoms with Gasteiger partial charge in [0.05, 0.1) is 6.04 Å². The molecule has 1 aliphatic heterocycles. The standard InChI is InChI=1S/C8H16N4/c1-6-8(7(4-9)5-10)12-3-2-11-6/h4-6,8-9,11-12H,2-3,10H2,1H3/b7-5+,9-4?. The lowest BCUT2D eigenvalue weighted by atomic mass is 10.0. The maximum Gasteiger partial charge on any atom is 0.0503 e. The van der Waals surface area contributed by atoms with Crippen LogP contribution < -0.4 is 16.4 Å². The van der Waals surface area contributed by atoms with Gasteiger partial charge in [-0.1, -0.05) is 0 Å². The normalized spacial score (nSPS) is 31.6. The average Bonchev–Trinajstić information content (AvgIpc) is 2.10. The molecule has 1 aliphatic rings. The van der Waals surface area contributed by atoms with Crippen LogP contribution in [-0.4, -0.2) is 31.4 Å². The van der Waals surface area contributed by atoms with E-state index in [4.69, 9.17) is 11.1 Å². The number of rotatable bonds is 2. The molecule has 68 valence electrons. The van der Waals surface area contributed by atoms with E-state index in [1.165, 1.54) is 12.4 Å². The van der Waals surface area contributed by atoms with Crippen LogP contribution in [0.15, 0.2) is 11.8 Å². The van der Waals surface area contributed by atoms with E-state index in [0.29, 0.717) is 6.04 Å². The van der Waals surface area contributed by atoms with Gasteiger partial charge in [-0.15, -0.1) is 0 Å². The van der Waals surface area contributed by atoms with Gasteiger partial charge in [0.15, 0.2) is 0 Å². The Morgan fingerprint density at radius 1 is 1.50 bits per heavy atom. The highest BCUT2D eigenvalue weighted by molar-refractivity contribution is 5.77. The molecular formula is C8H16N4. The summed E-state index contributed by atoms with van der Waals surface area (Å²) in [5.41, 5.74) is 6.24. The van der Waals surface area contributed by atoms with Crippen molar-refractivity contribution in [3.63, 3.8) is 0 Å². The van der Waals surface area contributed by atoms with Crippen molar-refractivity contribution < 1.29 is 0 Å². The highest BCUT2D eigenvalue weighted by Crippen LogP contribution is 2.05. The van der Waals surface area contributed by atoms with E-state index in [9.17, 15) is 0 Å². The minimum absolute atomic E-state index is 0.182. The molecule has 5 N–H and O–H groups in total. The molecule has 0 radical (unpaired) electrons. The molecule has 0 spiro atoms. The maximum atomic E-state index is 7.15. The number of nitrogens with one attached hydrogen (secondary N) is 3. The Morgan fingerprint density at radius 3 is 2.67 bits per heavy atom. The van der Waals surface area contributed by atoms with Gasteiger partial charge in [-0.05, 0) is 6.92 Å². The third-order valence-corrected chi connectivity index (χ3v) is 2.17. The van der Waals surface area contributed by atoms with Crippen molar-refractivity contribution in [3.05, 3.63) is 11.8 Å². The summed E-state index contributed by atoms with van der Waals surface area (Å²) in [4.78, 5) is 0. The average molecular weight is 168 g/mol. The molecule has 1 heterocycles. The quantitative estimate of drug-likeness (QED) is 0.417. The number of hydrogen-bond acceptors (Lipinski definition) is 4. The van der Waals surface area contributed by atoms with Crippen molar-refractivity contribution in [3.8, 4) is 0 Å². The van der Waals surface area contributed by atoms with Crippen molar-refractivity contribution in [1.29, 1.82) is 5.41 Å². The zero-order chi connectivity index (χ0) is 8.97. The van der Waals surface area contributed by atoms with Crippen molar-refractivity contribution in [2.45, 2.75) is 19.0 Å². The van der Waals surface area contributed by atoms with Crippen molar-refractivity contribution >= 4 is 6.21 Å². The summed E-state index contributed by atoms with van der Waals surface area (Å²) in [5, 5.41) is 13.8. The lowest BCUT2D eigenvalue weighted by Gasteiger charge is -2.31. The molecule has 1 rings (SSSR count). The molecule has 1 saturated heterocycles. The topological polar surface area (TPSA) is 73.9 Å². The van der Waals surface area contributed by atoms with Crippen molar-refractivity contribution in [1.82, 2.24) is 10.6 Å². The molecule has 0 saturated carbocycles. The first kappa shape index (κ1) is 9.22. The van der Waals surface area contributed by atoms with Crippen LogP contribution in [0.3, 0.4) is 0 Å². The third-order valence-electron chi connectivity index (χ3n) is 2.17. The van der Waals surface area contributed by atoms with Gasteiger partial charge < -0.3 is 21.8 Å². The Bertz CT molecular complexity index is 187. The molecule has 0 aromatic rings. The van der Waals surface area contributed by atoms with Gasteiger partial charge in [0.25, 0.3) is 0 Å². The van der Waals surface area contributed by atoms with Gasteiger partial charge >= 0.3 is 0 Å². The second-order valence-corrected chi connectivity index (χ2v) is 2.99. The highest BCUT2D eigenvalue weighted by Gasteiger charge is 2.22. The van der Waals surface area contributed by atoms with Crippen LogP contribution in [0.1, 0.15) is 6.92 Å². The minimum atomic E-state index is 0.182. The molecule has 4 nitrogen and oxygen atoms in total. The molecule has 1 fully saturated rings. The van der Waals surface area contributed by atoms with E-state index >= 15 is 0 Å². The van der Waals surface area contributed by atoms with Gasteiger partial charge in [0.2, 0.25) is 0 Å². The summed E-state index contributed by atoms with van der Waals surface area (Å²) in [6.07, 6.45) is 2.80. The van der Waals surface area contributed by atoms with Crippen LogP contribution >= 0.6 is 0 Å². The van der Waals surface area contributed by atoms with E-state index in [1.807, 2.05) is 0 Å². The van der Waals surface area contributed by atoms with Gasteiger partial charge in [-0.3, -0.25) is 0 Å². The SMILES string of the molecule is CC1NCCNC1/C(C=N)=C/N. The van der Waals surface area contributed by atoms with Crippen LogP contribution in [0.25, 0.3) is 0 Å². The van der Waals surface area contributed by atoms with Crippen LogP contribution in [0.4, 0.5) is 0 Å². The van der Waals surface area contributed by atoms with Crippen molar-refractivity contribution in [2.24, 2.45) is 5.73 Å². The number of piperazine rings is 1. The van der Waals surface area contributed by atoms with Crippen molar-refractivity contribution in [2.75, 3.05) is 13.1 Å². The fourth-order valence-corrected chi connectivity index (χ4v) is 1.47. The van der Waals surface area contributed by atoms with Crippen LogP contribution in [0.2, 0.25) is 0 Å². The molecule has 0 aromatic carbocycles. The van der Waals surface area contributed by atoms with Gasteiger partial charge in [0.1, 0.15) is 0 Å². The van der Waals surface area contributed by atoms with Gasteiger partial charge in [-0.2, -0.15) is 0 Å². The molecule has 4 heteroatoms. The Hall–Kier alpha value is -0.870. The first-order valence-electron chi connectivity index (χ1n) is 4.18. The Balaban J connectivity index is 2.64. The van der Waals surface area contributed by atoms with Crippen LogP contribution in [-0.2, 0) is 0 Å². The molecule has 2 atom stereocenters.